The zero-order valence-corrected chi connectivity index (χ0v) is 12.4. The number of rotatable bonds is 6. The smallest absolute Gasteiger partial charge is 0.330 e. The normalized spacial score (nSPS) is 9.71. The number of hydrogen-bond donors (Lipinski definition) is 0. The molecule has 0 atom stereocenters. The summed E-state index contributed by atoms with van der Waals surface area (Å²) in [6, 6.07) is 11.9. The van der Waals surface area contributed by atoms with Crippen LogP contribution in [0.15, 0.2) is 61.2 Å². The van der Waals surface area contributed by atoms with Gasteiger partial charge in [-0.25, -0.2) is 4.79 Å². The summed E-state index contributed by atoms with van der Waals surface area (Å²) in [6.45, 7) is 5.82. The van der Waals surface area contributed by atoms with E-state index >= 15 is 0 Å². The largest absolute Gasteiger partial charge is 0.463 e. The molecular weight excluding hydrogens is 262 g/mol. The monoisotopic (exact) mass is 283 g/mol. The first-order valence-corrected chi connectivity index (χ1v) is 6.81. The molecule has 0 aliphatic carbocycles. The Balaban J connectivity index is 0.000000400. The Hall–Kier alpha value is -2.60. The third kappa shape index (κ3) is 12.2. The molecule has 3 nitrogen and oxygen atoms in total. The fourth-order valence-electron chi connectivity index (χ4n) is 1.21. The quantitative estimate of drug-likeness (QED) is 0.257. The summed E-state index contributed by atoms with van der Waals surface area (Å²) in [7, 11) is 0. The molecule has 0 aliphatic rings. The fraction of sp³-hybridized carbons (Fsp3) is 0.222. The minimum Gasteiger partial charge on any atom is -0.463 e. The lowest BCUT2D eigenvalue weighted by Gasteiger charge is -1.97. The molecule has 0 saturated heterocycles. The van der Waals surface area contributed by atoms with Crippen molar-refractivity contribution < 1.29 is 9.53 Å². The van der Waals surface area contributed by atoms with Gasteiger partial charge in [0.15, 0.2) is 0 Å². The maximum atomic E-state index is 10.3. The van der Waals surface area contributed by atoms with Gasteiger partial charge in [-0.05, 0) is 12.0 Å². The Morgan fingerprint density at radius 1 is 1.33 bits per heavy atom. The van der Waals surface area contributed by atoms with Gasteiger partial charge >= 0.3 is 5.97 Å². The Morgan fingerprint density at radius 2 is 2.05 bits per heavy atom. The van der Waals surface area contributed by atoms with E-state index < -0.39 is 0 Å². The van der Waals surface area contributed by atoms with E-state index in [-0.39, 0.29) is 5.97 Å². The lowest BCUT2D eigenvalue weighted by atomic mass is 10.2. The molecule has 1 aromatic rings. The summed E-state index contributed by atoms with van der Waals surface area (Å²) in [5.41, 5.74) is 1.14. The second-order valence-electron chi connectivity index (χ2n) is 3.98. The van der Waals surface area contributed by atoms with Crippen molar-refractivity contribution in [3.63, 3.8) is 0 Å². The molecule has 0 aromatic heterocycles. The van der Waals surface area contributed by atoms with Crippen LogP contribution in [0.3, 0.4) is 0 Å². The molecule has 0 amide bonds. The SMILES string of the molecule is C=CC(=O)OCCCC.N#CC=CC=Cc1ccccc1. The number of esters is 1. The number of benzene rings is 1. The van der Waals surface area contributed by atoms with E-state index in [1.165, 1.54) is 12.2 Å². The number of ether oxygens (including phenoxy) is 1. The zero-order chi connectivity index (χ0) is 15.8. The number of carbonyl (C=O) groups excluding carboxylic acids is 1. The van der Waals surface area contributed by atoms with Crippen LogP contribution in [-0.2, 0) is 9.53 Å². The second-order valence-corrected chi connectivity index (χ2v) is 3.98. The highest BCUT2D eigenvalue weighted by Crippen LogP contribution is 2.00. The molecule has 0 unspecified atom stereocenters. The van der Waals surface area contributed by atoms with Gasteiger partial charge in [-0.2, -0.15) is 5.26 Å². The Labute approximate surface area is 126 Å². The van der Waals surface area contributed by atoms with Crippen LogP contribution in [-0.4, -0.2) is 12.6 Å². The first-order valence-electron chi connectivity index (χ1n) is 6.81. The summed E-state index contributed by atoms with van der Waals surface area (Å²) in [4.78, 5) is 10.3. The second kappa shape index (κ2) is 13.8. The minimum absolute atomic E-state index is 0.330. The molecule has 0 N–H and O–H groups in total. The van der Waals surface area contributed by atoms with Gasteiger partial charge < -0.3 is 4.74 Å². The van der Waals surface area contributed by atoms with Gasteiger partial charge in [0.05, 0.1) is 12.7 Å². The molecule has 0 heterocycles. The van der Waals surface area contributed by atoms with Crippen molar-refractivity contribution in [1.82, 2.24) is 0 Å². The maximum Gasteiger partial charge on any atom is 0.330 e. The van der Waals surface area contributed by atoms with Crippen molar-refractivity contribution in [1.29, 1.82) is 5.26 Å². The van der Waals surface area contributed by atoms with Crippen LogP contribution in [0.25, 0.3) is 6.08 Å². The molecule has 0 saturated carbocycles. The summed E-state index contributed by atoms with van der Waals surface area (Å²) in [5.74, 6) is -0.330. The van der Waals surface area contributed by atoms with Crippen molar-refractivity contribution >= 4 is 12.0 Å². The Bertz CT molecular complexity index is 496. The number of nitrogens with zero attached hydrogens (tertiary/aromatic N) is 1. The average Bonchev–Trinajstić information content (AvgIpc) is 2.53. The van der Waals surface area contributed by atoms with Crippen LogP contribution in [0.2, 0.25) is 0 Å². The van der Waals surface area contributed by atoms with E-state index in [1.807, 2.05) is 55.5 Å². The molecule has 0 aliphatic heterocycles. The third-order valence-electron chi connectivity index (χ3n) is 2.28. The van der Waals surface area contributed by atoms with Gasteiger partial charge in [-0.1, -0.05) is 68.5 Å². The van der Waals surface area contributed by atoms with Crippen molar-refractivity contribution in [2.75, 3.05) is 6.61 Å². The highest BCUT2D eigenvalue weighted by atomic mass is 16.5. The summed E-state index contributed by atoms with van der Waals surface area (Å²) < 4.78 is 4.67. The highest BCUT2D eigenvalue weighted by Gasteiger charge is 1.91. The van der Waals surface area contributed by atoms with Crippen LogP contribution in [0, 0.1) is 11.3 Å². The minimum atomic E-state index is -0.330. The molecule has 3 heteroatoms. The van der Waals surface area contributed by atoms with Gasteiger partial charge in [0.2, 0.25) is 0 Å². The van der Waals surface area contributed by atoms with Gasteiger partial charge in [0.25, 0.3) is 0 Å². The summed E-state index contributed by atoms with van der Waals surface area (Å²) in [6.07, 6.45) is 10.1. The molecule has 110 valence electrons. The number of allylic oxidation sites excluding steroid dienone is 3. The predicted octanol–water partition coefficient (Wildman–Crippen LogP) is 4.30. The van der Waals surface area contributed by atoms with E-state index in [0.29, 0.717) is 6.61 Å². The first-order chi connectivity index (χ1) is 10.2. The highest BCUT2D eigenvalue weighted by molar-refractivity contribution is 5.81. The fourth-order valence-corrected chi connectivity index (χ4v) is 1.21. The van der Waals surface area contributed by atoms with E-state index in [4.69, 9.17) is 5.26 Å². The zero-order valence-electron chi connectivity index (χ0n) is 12.4. The summed E-state index contributed by atoms with van der Waals surface area (Å²) in [5, 5.41) is 8.19. The van der Waals surface area contributed by atoms with E-state index in [0.717, 1.165) is 18.4 Å². The van der Waals surface area contributed by atoms with E-state index in [9.17, 15) is 4.79 Å². The standard InChI is InChI=1S/C11H9N.C7H12O2/c12-10-6-2-5-9-11-7-3-1-4-8-11;1-3-5-6-9-7(8)4-2/h1-9H;4H,2-3,5-6H2,1H3. The number of carbonyl (C=O) groups is 1. The molecular formula is C18H21NO2. The summed E-state index contributed by atoms with van der Waals surface area (Å²) >= 11 is 0. The Morgan fingerprint density at radius 3 is 2.62 bits per heavy atom. The van der Waals surface area contributed by atoms with E-state index in [1.54, 1.807) is 6.08 Å². The van der Waals surface area contributed by atoms with Crippen molar-refractivity contribution in [3.05, 3.63) is 66.8 Å². The average molecular weight is 283 g/mol. The van der Waals surface area contributed by atoms with Crippen LogP contribution >= 0.6 is 0 Å². The van der Waals surface area contributed by atoms with Gasteiger partial charge in [-0.3, -0.25) is 0 Å². The molecule has 1 rings (SSSR count). The third-order valence-corrected chi connectivity index (χ3v) is 2.28. The van der Waals surface area contributed by atoms with Crippen molar-refractivity contribution in [3.8, 4) is 6.07 Å². The lowest BCUT2D eigenvalue weighted by Crippen LogP contribution is -2.00. The molecule has 0 bridgehead atoms. The first kappa shape index (κ1) is 18.4. The van der Waals surface area contributed by atoms with Crippen LogP contribution in [0.4, 0.5) is 0 Å². The number of nitriles is 1. The molecule has 21 heavy (non-hydrogen) atoms. The Kier molecular flexibility index (Phi) is 12.1. The molecule has 0 radical (unpaired) electrons. The molecule has 0 fully saturated rings. The van der Waals surface area contributed by atoms with Crippen molar-refractivity contribution in [2.24, 2.45) is 0 Å². The maximum absolute atomic E-state index is 10.3. The molecule has 0 spiro atoms. The molecule has 1 aromatic carbocycles. The van der Waals surface area contributed by atoms with Crippen LogP contribution in [0.1, 0.15) is 25.3 Å². The van der Waals surface area contributed by atoms with Gasteiger partial charge in [0, 0.05) is 12.2 Å². The van der Waals surface area contributed by atoms with Gasteiger partial charge in [0.1, 0.15) is 0 Å². The van der Waals surface area contributed by atoms with Crippen LogP contribution in [0.5, 0.6) is 0 Å². The van der Waals surface area contributed by atoms with E-state index in [2.05, 4.69) is 11.3 Å². The predicted molar refractivity (Wildman–Crippen MR) is 86.3 cm³/mol. The van der Waals surface area contributed by atoms with Crippen molar-refractivity contribution in [2.45, 2.75) is 19.8 Å². The number of unbranched alkanes of at least 4 members (excludes halogenated alkanes) is 1. The van der Waals surface area contributed by atoms with Gasteiger partial charge in [-0.15, -0.1) is 0 Å². The topological polar surface area (TPSA) is 50.1 Å². The van der Waals surface area contributed by atoms with Crippen LogP contribution < -0.4 is 0 Å². The number of hydrogen-bond acceptors (Lipinski definition) is 3. The lowest BCUT2D eigenvalue weighted by molar-refractivity contribution is -0.137.